The summed E-state index contributed by atoms with van der Waals surface area (Å²) in [4.78, 5) is 35.1. The molecule has 1 fully saturated rings. The summed E-state index contributed by atoms with van der Waals surface area (Å²) >= 11 is 8.14. The van der Waals surface area contributed by atoms with Gasteiger partial charge in [0.05, 0.1) is 24.9 Å². The van der Waals surface area contributed by atoms with E-state index in [1.165, 1.54) is 0 Å². The number of nitrogens with one attached hydrogen (secondary N) is 2. The van der Waals surface area contributed by atoms with Crippen LogP contribution in [0.3, 0.4) is 0 Å². The maximum Gasteiger partial charge on any atom is 0.243 e. The Morgan fingerprint density at radius 2 is 2.09 bits per heavy atom. The molecule has 0 radical (unpaired) electrons. The van der Waals surface area contributed by atoms with E-state index in [1.807, 2.05) is 37.4 Å². The third-order valence-electron chi connectivity index (χ3n) is 5.55. The minimum atomic E-state index is -0.861. The van der Waals surface area contributed by atoms with E-state index in [1.54, 1.807) is 17.4 Å². The molecule has 184 valence electrons. The van der Waals surface area contributed by atoms with E-state index in [0.29, 0.717) is 36.2 Å². The summed E-state index contributed by atoms with van der Waals surface area (Å²) in [6.07, 6.45) is 2.40. The van der Waals surface area contributed by atoms with Crippen molar-refractivity contribution in [3.8, 4) is 11.3 Å². The van der Waals surface area contributed by atoms with Gasteiger partial charge in [-0.25, -0.2) is 9.97 Å². The first-order chi connectivity index (χ1) is 16.9. The largest absolute Gasteiger partial charge is 0.379 e. The first-order valence-electron chi connectivity index (χ1n) is 11.2. The van der Waals surface area contributed by atoms with Gasteiger partial charge in [0.1, 0.15) is 5.82 Å². The number of aromatic nitrogens is 2. The Kier molecular flexibility index (Phi) is 8.42. The number of rotatable bonds is 9. The number of ether oxygens (including phenoxy) is 1. The highest BCUT2D eigenvalue weighted by Gasteiger charge is 2.17. The topological polar surface area (TPSA) is 122 Å². The summed E-state index contributed by atoms with van der Waals surface area (Å²) in [5.41, 5.74) is 9.27. The molecule has 11 heteroatoms. The van der Waals surface area contributed by atoms with Gasteiger partial charge in [-0.2, -0.15) is 0 Å². The Balaban J connectivity index is 1.66. The van der Waals surface area contributed by atoms with Gasteiger partial charge in [-0.3, -0.25) is 19.8 Å². The zero-order chi connectivity index (χ0) is 24.8. The van der Waals surface area contributed by atoms with E-state index < -0.39 is 11.9 Å². The van der Waals surface area contributed by atoms with E-state index in [0.717, 1.165) is 46.3 Å². The van der Waals surface area contributed by atoms with Crippen LogP contribution in [0.15, 0.2) is 36.5 Å². The Morgan fingerprint density at radius 3 is 2.80 bits per heavy atom. The molecule has 2 aromatic heterocycles. The lowest BCUT2D eigenvalue weighted by molar-refractivity contribution is -0.126. The number of nitrogens with two attached hydrogens (primary N) is 1. The molecule has 0 saturated carbocycles. The quantitative estimate of drug-likeness (QED) is 0.372. The van der Waals surface area contributed by atoms with Crippen LogP contribution in [0.4, 0.5) is 10.9 Å². The maximum absolute atomic E-state index is 11.9. The number of nitrogens with zero attached hydrogens (tertiary/aromatic N) is 3. The van der Waals surface area contributed by atoms with Crippen molar-refractivity contribution in [2.24, 2.45) is 5.73 Å². The fourth-order valence-electron chi connectivity index (χ4n) is 3.83. The summed E-state index contributed by atoms with van der Waals surface area (Å²) in [5.74, 6) is 0.135. The number of benzene rings is 1. The number of carbonyl (C=O) groups is 2. The van der Waals surface area contributed by atoms with E-state index in [2.05, 4.69) is 20.5 Å². The van der Waals surface area contributed by atoms with Crippen LogP contribution in [0, 0.1) is 6.92 Å². The lowest BCUT2D eigenvalue weighted by Crippen LogP contribution is -2.41. The highest BCUT2D eigenvalue weighted by atomic mass is 35.5. The molecule has 0 aliphatic carbocycles. The van der Waals surface area contributed by atoms with Gasteiger partial charge < -0.3 is 15.8 Å². The first-order valence-corrected chi connectivity index (χ1v) is 12.4. The second kappa shape index (κ2) is 11.7. The second-order valence-corrected chi connectivity index (χ2v) is 9.93. The third kappa shape index (κ3) is 6.83. The van der Waals surface area contributed by atoms with Crippen molar-refractivity contribution in [3.05, 3.63) is 57.6 Å². The summed E-state index contributed by atoms with van der Waals surface area (Å²) in [5, 5.41) is 6.70. The molecule has 1 aromatic carbocycles. The molecule has 0 bridgehead atoms. The number of amides is 2. The van der Waals surface area contributed by atoms with E-state index in [4.69, 9.17) is 27.1 Å². The molecular formula is C24H27ClN6O3S. The molecular weight excluding hydrogens is 488 g/mol. The Morgan fingerprint density at radius 1 is 1.29 bits per heavy atom. The highest BCUT2D eigenvalue weighted by Crippen LogP contribution is 2.31. The van der Waals surface area contributed by atoms with Gasteiger partial charge in [-0.05, 0) is 48.7 Å². The molecule has 4 N–H and O–H groups in total. The summed E-state index contributed by atoms with van der Waals surface area (Å²) in [6, 6.07) is 8.65. The summed E-state index contributed by atoms with van der Waals surface area (Å²) in [6.45, 7) is 5.91. The average molecular weight is 515 g/mol. The van der Waals surface area contributed by atoms with Crippen LogP contribution in [0.25, 0.3) is 11.3 Å². The second-order valence-electron chi connectivity index (χ2n) is 8.29. The Bertz CT molecular complexity index is 1200. The van der Waals surface area contributed by atoms with Crippen molar-refractivity contribution in [2.45, 2.75) is 25.9 Å². The van der Waals surface area contributed by atoms with E-state index in [9.17, 15) is 9.59 Å². The summed E-state index contributed by atoms with van der Waals surface area (Å²) < 4.78 is 5.48. The molecule has 2 amide bonds. The third-order valence-corrected chi connectivity index (χ3v) is 6.71. The molecule has 35 heavy (non-hydrogen) atoms. The van der Waals surface area contributed by atoms with Crippen molar-refractivity contribution in [1.82, 2.24) is 20.2 Å². The number of imide groups is 1. The molecule has 9 nitrogen and oxygen atoms in total. The highest BCUT2D eigenvalue weighted by molar-refractivity contribution is 7.15. The van der Waals surface area contributed by atoms with Gasteiger partial charge in [0, 0.05) is 41.3 Å². The fourth-order valence-corrected chi connectivity index (χ4v) is 4.71. The molecule has 1 saturated heterocycles. The summed E-state index contributed by atoms with van der Waals surface area (Å²) in [7, 11) is 0. The van der Waals surface area contributed by atoms with Gasteiger partial charge in [0.2, 0.25) is 12.3 Å². The fraction of sp³-hybridized carbons (Fsp3) is 0.333. The van der Waals surface area contributed by atoms with Crippen molar-refractivity contribution in [2.75, 3.05) is 31.6 Å². The maximum atomic E-state index is 11.9. The van der Waals surface area contributed by atoms with E-state index in [-0.39, 0.29) is 6.42 Å². The van der Waals surface area contributed by atoms with Crippen LogP contribution in [-0.4, -0.2) is 59.5 Å². The normalized spacial score (nSPS) is 14.9. The predicted octanol–water partition coefficient (Wildman–Crippen LogP) is 2.89. The zero-order valence-electron chi connectivity index (χ0n) is 19.3. The van der Waals surface area contributed by atoms with Crippen LogP contribution < -0.4 is 16.4 Å². The predicted molar refractivity (Wildman–Crippen MR) is 137 cm³/mol. The van der Waals surface area contributed by atoms with Crippen molar-refractivity contribution in [3.63, 3.8) is 0 Å². The molecule has 1 aliphatic heterocycles. The van der Waals surface area contributed by atoms with Crippen LogP contribution in [-0.2, 0) is 27.3 Å². The van der Waals surface area contributed by atoms with Crippen LogP contribution in [0.2, 0.25) is 5.02 Å². The number of hydrogen-bond donors (Lipinski definition) is 3. The van der Waals surface area contributed by atoms with Gasteiger partial charge in [0.25, 0.3) is 0 Å². The van der Waals surface area contributed by atoms with Gasteiger partial charge in [0.15, 0.2) is 5.13 Å². The standard InChI is InChI=1S/C24H27ClN6O3S/c1-15-12-27-24(35-15)30-22-11-17(13-31-4-6-34-7-5-31)10-21(29-22)18-8-16(2-3-19(18)25)9-20(26)23(33)28-14-32/h2-3,8,10-12,14,20H,4-7,9,13,26H2,1H3,(H,27,29,30)(H,28,32,33)/t20-/m0/s1. The molecule has 1 atom stereocenters. The number of halogens is 1. The van der Waals surface area contributed by atoms with Gasteiger partial charge in [-0.1, -0.05) is 17.7 Å². The Labute approximate surface area is 212 Å². The number of pyridine rings is 1. The zero-order valence-corrected chi connectivity index (χ0v) is 20.9. The minimum Gasteiger partial charge on any atom is -0.379 e. The average Bonchev–Trinajstić information content (AvgIpc) is 3.25. The SMILES string of the molecule is Cc1cnc(Nc2cc(CN3CCOCC3)cc(-c3cc(C[C@H](N)C(=O)NC=O)ccc3Cl)n2)s1. The van der Waals surface area contributed by atoms with E-state index >= 15 is 0 Å². The number of aryl methyl sites for hydroxylation is 1. The Hall–Kier alpha value is -2.89. The molecule has 1 aliphatic rings. The monoisotopic (exact) mass is 514 g/mol. The van der Waals surface area contributed by atoms with Crippen molar-refractivity contribution >= 4 is 46.2 Å². The minimum absolute atomic E-state index is 0.251. The van der Waals surface area contributed by atoms with Crippen molar-refractivity contribution in [1.29, 1.82) is 0 Å². The lowest BCUT2D eigenvalue weighted by Gasteiger charge is -2.26. The van der Waals surface area contributed by atoms with Gasteiger partial charge >= 0.3 is 0 Å². The number of anilines is 2. The number of morpholine rings is 1. The molecule has 3 heterocycles. The molecule has 3 aromatic rings. The number of carbonyl (C=O) groups excluding carboxylic acids is 2. The van der Waals surface area contributed by atoms with Gasteiger partial charge in [-0.15, -0.1) is 11.3 Å². The molecule has 0 unspecified atom stereocenters. The van der Waals surface area contributed by atoms with Crippen LogP contribution >= 0.6 is 22.9 Å². The number of hydrogen-bond acceptors (Lipinski definition) is 9. The first kappa shape index (κ1) is 25.2. The lowest BCUT2D eigenvalue weighted by atomic mass is 10.0. The number of thiazole rings is 1. The van der Waals surface area contributed by atoms with Crippen LogP contribution in [0.5, 0.6) is 0 Å². The van der Waals surface area contributed by atoms with Crippen molar-refractivity contribution < 1.29 is 14.3 Å². The smallest absolute Gasteiger partial charge is 0.243 e. The molecule has 0 spiro atoms. The van der Waals surface area contributed by atoms with Crippen LogP contribution in [0.1, 0.15) is 16.0 Å². The molecule has 4 rings (SSSR count).